The van der Waals surface area contributed by atoms with Gasteiger partial charge in [-0.1, -0.05) is 6.42 Å². The molecule has 2 rings (SSSR count). The molecule has 5 nitrogen and oxygen atoms in total. The Hall–Kier alpha value is -0.980. The lowest BCUT2D eigenvalue weighted by atomic mass is 9.67. The molecule has 3 N–H and O–H groups in total. The van der Waals surface area contributed by atoms with Gasteiger partial charge in [-0.3, -0.25) is 4.79 Å². The van der Waals surface area contributed by atoms with Gasteiger partial charge in [0.05, 0.1) is 0 Å². The number of carbonyl (C=O) groups is 1. The van der Waals surface area contributed by atoms with Crippen LogP contribution in [-0.2, 0) is 11.3 Å². The highest BCUT2D eigenvalue weighted by atomic mass is 32.1. The number of nitrogens with zero attached hydrogens (tertiary/aromatic N) is 1. The summed E-state index contributed by atoms with van der Waals surface area (Å²) < 4.78 is 5.44. The minimum absolute atomic E-state index is 0.0939. The van der Waals surface area contributed by atoms with Crippen LogP contribution < -0.4 is 11.1 Å². The van der Waals surface area contributed by atoms with Gasteiger partial charge in [-0.05, 0) is 31.6 Å². The number of nitrogens with one attached hydrogen (secondary N) is 1. The Morgan fingerprint density at radius 3 is 2.95 bits per heavy atom. The molecule has 1 fully saturated rings. The molecule has 0 aliphatic heterocycles. The molecule has 0 spiro atoms. The SMILES string of the molecule is CCOCCC1(CNC(=O)c2csc(CN)n2)CCC1. The Morgan fingerprint density at radius 1 is 1.60 bits per heavy atom. The van der Waals surface area contributed by atoms with Crippen LogP contribution in [0.5, 0.6) is 0 Å². The second kappa shape index (κ2) is 7.15. The zero-order valence-electron chi connectivity index (χ0n) is 12.0. The Kier molecular flexibility index (Phi) is 5.51. The summed E-state index contributed by atoms with van der Waals surface area (Å²) in [5.41, 5.74) is 6.22. The van der Waals surface area contributed by atoms with Crippen molar-refractivity contribution in [3.05, 3.63) is 16.1 Å². The topological polar surface area (TPSA) is 77.2 Å². The minimum Gasteiger partial charge on any atom is -0.382 e. The van der Waals surface area contributed by atoms with Crippen molar-refractivity contribution in [3.8, 4) is 0 Å². The predicted octanol–water partition coefficient (Wildman–Crippen LogP) is 1.93. The van der Waals surface area contributed by atoms with Crippen molar-refractivity contribution >= 4 is 17.2 Å². The van der Waals surface area contributed by atoms with E-state index < -0.39 is 0 Å². The fourth-order valence-electron chi connectivity index (χ4n) is 2.49. The lowest BCUT2D eigenvalue weighted by Gasteiger charge is -2.42. The van der Waals surface area contributed by atoms with Crippen LogP contribution in [0.15, 0.2) is 5.38 Å². The molecule has 0 aromatic carbocycles. The maximum absolute atomic E-state index is 12.1. The fraction of sp³-hybridized carbons (Fsp3) is 0.714. The fourth-order valence-corrected chi connectivity index (χ4v) is 3.15. The van der Waals surface area contributed by atoms with Crippen LogP contribution in [0.4, 0.5) is 0 Å². The summed E-state index contributed by atoms with van der Waals surface area (Å²) in [6.45, 7) is 4.64. The van der Waals surface area contributed by atoms with Gasteiger partial charge in [0.1, 0.15) is 10.7 Å². The van der Waals surface area contributed by atoms with Crippen LogP contribution in [0.1, 0.15) is 48.1 Å². The molecule has 112 valence electrons. The minimum atomic E-state index is -0.0939. The third-order valence-electron chi connectivity index (χ3n) is 3.98. The van der Waals surface area contributed by atoms with Crippen LogP contribution in [0.2, 0.25) is 0 Å². The molecule has 1 heterocycles. The van der Waals surface area contributed by atoms with E-state index in [1.165, 1.54) is 30.6 Å². The lowest BCUT2D eigenvalue weighted by Crippen LogP contribution is -2.43. The first-order valence-electron chi connectivity index (χ1n) is 7.19. The van der Waals surface area contributed by atoms with Gasteiger partial charge >= 0.3 is 0 Å². The first-order chi connectivity index (χ1) is 9.69. The van der Waals surface area contributed by atoms with Gasteiger partial charge in [-0.15, -0.1) is 11.3 Å². The van der Waals surface area contributed by atoms with E-state index in [0.717, 1.165) is 24.6 Å². The molecular weight excluding hydrogens is 274 g/mol. The Morgan fingerprint density at radius 2 is 2.40 bits per heavy atom. The zero-order chi connectivity index (χ0) is 14.4. The summed E-state index contributed by atoms with van der Waals surface area (Å²) >= 11 is 1.43. The molecule has 0 atom stereocenters. The standard InChI is InChI=1S/C14H23N3O2S/c1-2-19-7-6-14(4-3-5-14)10-16-13(18)11-9-20-12(8-15)17-11/h9H,2-8,10,15H2,1H3,(H,16,18). The van der Waals surface area contributed by atoms with Crippen LogP contribution in [-0.4, -0.2) is 30.6 Å². The molecule has 0 saturated heterocycles. The third-order valence-corrected chi connectivity index (χ3v) is 4.85. The number of aromatic nitrogens is 1. The van der Waals surface area contributed by atoms with E-state index >= 15 is 0 Å². The lowest BCUT2D eigenvalue weighted by molar-refractivity contribution is 0.0512. The Balaban J connectivity index is 1.82. The summed E-state index contributed by atoms with van der Waals surface area (Å²) in [5, 5.41) is 5.58. The van der Waals surface area contributed by atoms with Crippen molar-refractivity contribution in [2.24, 2.45) is 11.1 Å². The predicted molar refractivity (Wildman–Crippen MR) is 79.7 cm³/mol. The van der Waals surface area contributed by atoms with E-state index in [4.69, 9.17) is 10.5 Å². The van der Waals surface area contributed by atoms with E-state index in [0.29, 0.717) is 18.8 Å². The molecule has 1 aromatic heterocycles. The van der Waals surface area contributed by atoms with E-state index in [9.17, 15) is 4.79 Å². The number of hydrogen-bond donors (Lipinski definition) is 2. The summed E-state index contributed by atoms with van der Waals surface area (Å²) in [6.07, 6.45) is 4.61. The quantitative estimate of drug-likeness (QED) is 0.719. The van der Waals surface area contributed by atoms with E-state index in [-0.39, 0.29) is 11.3 Å². The van der Waals surface area contributed by atoms with Crippen LogP contribution >= 0.6 is 11.3 Å². The van der Waals surface area contributed by atoms with E-state index in [2.05, 4.69) is 10.3 Å². The number of rotatable bonds is 8. The smallest absolute Gasteiger partial charge is 0.270 e. The van der Waals surface area contributed by atoms with Gasteiger partial charge in [0, 0.05) is 31.7 Å². The van der Waals surface area contributed by atoms with Gasteiger partial charge in [-0.25, -0.2) is 4.98 Å². The average Bonchev–Trinajstić information content (AvgIpc) is 2.89. The third kappa shape index (κ3) is 3.77. The van der Waals surface area contributed by atoms with E-state index in [1.54, 1.807) is 5.38 Å². The molecule has 1 aliphatic rings. The molecule has 0 radical (unpaired) electrons. The molecule has 6 heteroatoms. The van der Waals surface area contributed by atoms with Crippen LogP contribution in [0, 0.1) is 5.41 Å². The van der Waals surface area contributed by atoms with Gasteiger partial charge in [-0.2, -0.15) is 0 Å². The van der Waals surface area contributed by atoms with Crippen molar-refractivity contribution in [1.82, 2.24) is 10.3 Å². The maximum Gasteiger partial charge on any atom is 0.270 e. The number of hydrogen-bond acceptors (Lipinski definition) is 5. The summed E-state index contributed by atoms with van der Waals surface area (Å²) in [4.78, 5) is 16.3. The first kappa shape index (κ1) is 15.4. The number of thiazole rings is 1. The van der Waals surface area contributed by atoms with Gasteiger partial charge < -0.3 is 15.8 Å². The average molecular weight is 297 g/mol. The maximum atomic E-state index is 12.1. The molecular formula is C14H23N3O2S. The van der Waals surface area contributed by atoms with Crippen molar-refractivity contribution in [2.45, 2.75) is 39.2 Å². The summed E-state index contributed by atoms with van der Waals surface area (Å²) in [7, 11) is 0. The van der Waals surface area contributed by atoms with Gasteiger partial charge in [0.15, 0.2) is 0 Å². The van der Waals surface area contributed by atoms with Crippen molar-refractivity contribution in [3.63, 3.8) is 0 Å². The number of nitrogens with two attached hydrogens (primary N) is 1. The molecule has 1 saturated carbocycles. The summed E-state index contributed by atoms with van der Waals surface area (Å²) in [5.74, 6) is -0.0939. The number of amides is 1. The van der Waals surface area contributed by atoms with Gasteiger partial charge in [0.2, 0.25) is 0 Å². The zero-order valence-corrected chi connectivity index (χ0v) is 12.8. The normalized spacial score (nSPS) is 16.7. The molecule has 1 aromatic rings. The van der Waals surface area contributed by atoms with Crippen LogP contribution in [0.3, 0.4) is 0 Å². The Labute approximate surface area is 123 Å². The second-order valence-electron chi connectivity index (χ2n) is 5.31. The largest absolute Gasteiger partial charge is 0.382 e. The van der Waals surface area contributed by atoms with Crippen molar-refractivity contribution < 1.29 is 9.53 Å². The highest BCUT2D eigenvalue weighted by Crippen LogP contribution is 2.43. The molecule has 0 unspecified atom stereocenters. The highest BCUT2D eigenvalue weighted by molar-refractivity contribution is 7.09. The molecule has 1 amide bonds. The number of carbonyl (C=O) groups excluding carboxylic acids is 1. The van der Waals surface area contributed by atoms with Crippen LogP contribution in [0.25, 0.3) is 0 Å². The first-order valence-corrected chi connectivity index (χ1v) is 8.07. The highest BCUT2D eigenvalue weighted by Gasteiger charge is 2.36. The second-order valence-corrected chi connectivity index (χ2v) is 6.26. The number of ether oxygens (including phenoxy) is 1. The monoisotopic (exact) mass is 297 g/mol. The van der Waals surface area contributed by atoms with E-state index in [1.807, 2.05) is 6.92 Å². The molecule has 20 heavy (non-hydrogen) atoms. The molecule has 1 aliphatic carbocycles. The molecule has 0 bridgehead atoms. The van der Waals surface area contributed by atoms with Crippen molar-refractivity contribution in [1.29, 1.82) is 0 Å². The Bertz CT molecular complexity index is 443. The van der Waals surface area contributed by atoms with Crippen molar-refractivity contribution in [2.75, 3.05) is 19.8 Å². The summed E-state index contributed by atoms with van der Waals surface area (Å²) in [6, 6.07) is 0. The van der Waals surface area contributed by atoms with Gasteiger partial charge in [0.25, 0.3) is 5.91 Å².